The highest BCUT2D eigenvalue weighted by Gasteiger charge is 2.11. The van der Waals surface area contributed by atoms with E-state index in [1.807, 2.05) is 12.3 Å². The normalized spacial score (nSPS) is 10.2. The van der Waals surface area contributed by atoms with Gasteiger partial charge in [0.15, 0.2) is 0 Å². The predicted molar refractivity (Wildman–Crippen MR) is 74.1 cm³/mol. The van der Waals surface area contributed by atoms with Gasteiger partial charge in [-0.25, -0.2) is 9.78 Å². The van der Waals surface area contributed by atoms with Gasteiger partial charge in [0.2, 0.25) is 0 Å². The van der Waals surface area contributed by atoms with Gasteiger partial charge >= 0.3 is 5.97 Å². The first kappa shape index (κ1) is 13.4. The minimum absolute atomic E-state index is 0.217. The van der Waals surface area contributed by atoms with Gasteiger partial charge in [-0.1, -0.05) is 0 Å². The van der Waals surface area contributed by atoms with Gasteiger partial charge in [0, 0.05) is 17.1 Å². The van der Waals surface area contributed by atoms with Crippen LogP contribution in [0.25, 0.3) is 0 Å². The lowest BCUT2D eigenvalue weighted by molar-refractivity contribution is 0.0698. The molecule has 2 N–H and O–H groups in total. The number of carboxylic acids is 1. The molecule has 1 aromatic heterocycles. The summed E-state index contributed by atoms with van der Waals surface area (Å²) in [4.78, 5) is 15.5. The van der Waals surface area contributed by atoms with Crippen molar-refractivity contribution in [3.8, 4) is 5.75 Å². The molecule has 0 unspecified atom stereocenters. The van der Waals surface area contributed by atoms with Gasteiger partial charge in [0.25, 0.3) is 0 Å². The van der Waals surface area contributed by atoms with E-state index in [0.717, 1.165) is 10.7 Å². The number of aryl methyl sites for hydroxylation is 1. The first-order valence-electron chi connectivity index (χ1n) is 5.66. The van der Waals surface area contributed by atoms with Crippen molar-refractivity contribution in [3.63, 3.8) is 0 Å². The summed E-state index contributed by atoms with van der Waals surface area (Å²) >= 11 is 1.54. The summed E-state index contributed by atoms with van der Waals surface area (Å²) in [6.45, 7) is 2.42. The summed E-state index contributed by atoms with van der Waals surface area (Å²) < 4.78 is 5.10. The number of nitrogens with zero attached hydrogens (tertiary/aromatic N) is 1. The van der Waals surface area contributed by atoms with Gasteiger partial charge in [-0.05, 0) is 19.1 Å². The second-order valence-corrected chi connectivity index (χ2v) is 4.90. The molecule has 19 heavy (non-hydrogen) atoms. The second-order valence-electron chi connectivity index (χ2n) is 3.95. The molecule has 0 amide bonds. The van der Waals surface area contributed by atoms with E-state index >= 15 is 0 Å². The second kappa shape index (κ2) is 5.71. The molecule has 0 radical (unpaired) electrons. The topological polar surface area (TPSA) is 71.5 Å². The van der Waals surface area contributed by atoms with Crippen LogP contribution < -0.4 is 10.1 Å². The maximum Gasteiger partial charge on any atom is 0.337 e. The van der Waals surface area contributed by atoms with Crippen molar-refractivity contribution >= 4 is 23.0 Å². The zero-order valence-electron chi connectivity index (χ0n) is 10.6. The fourth-order valence-corrected chi connectivity index (χ4v) is 2.35. The van der Waals surface area contributed by atoms with Gasteiger partial charge < -0.3 is 15.2 Å². The molecule has 0 bridgehead atoms. The van der Waals surface area contributed by atoms with E-state index in [0.29, 0.717) is 18.0 Å². The molecule has 0 fully saturated rings. The smallest absolute Gasteiger partial charge is 0.337 e. The number of hydrogen-bond donors (Lipinski definition) is 2. The van der Waals surface area contributed by atoms with Gasteiger partial charge in [-0.3, -0.25) is 0 Å². The molecule has 1 heterocycles. The molecule has 0 aliphatic heterocycles. The number of carbonyl (C=O) groups is 1. The van der Waals surface area contributed by atoms with E-state index in [9.17, 15) is 4.79 Å². The van der Waals surface area contributed by atoms with E-state index in [1.54, 1.807) is 30.6 Å². The Morgan fingerprint density at radius 2 is 2.32 bits per heavy atom. The number of aromatic carboxylic acids is 1. The standard InChI is InChI=1S/C13H14N2O3S/c1-8-7-19-12(15-8)6-14-11-5-9(18-2)3-4-10(11)13(16)17/h3-5,7,14H,6H2,1-2H3,(H,16,17). The van der Waals surface area contributed by atoms with Crippen molar-refractivity contribution in [2.24, 2.45) is 0 Å². The summed E-state index contributed by atoms with van der Waals surface area (Å²) in [5, 5.41) is 15.1. The first-order valence-corrected chi connectivity index (χ1v) is 6.54. The highest BCUT2D eigenvalue weighted by atomic mass is 32.1. The lowest BCUT2D eigenvalue weighted by Crippen LogP contribution is -2.06. The maximum atomic E-state index is 11.1. The van der Waals surface area contributed by atoms with E-state index in [1.165, 1.54) is 6.07 Å². The van der Waals surface area contributed by atoms with Crippen LogP contribution >= 0.6 is 11.3 Å². The van der Waals surface area contributed by atoms with Crippen LogP contribution in [-0.4, -0.2) is 23.2 Å². The van der Waals surface area contributed by atoms with E-state index in [2.05, 4.69) is 10.3 Å². The third-order valence-electron chi connectivity index (χ3n) is 2.55. The molecule has 0 atom stereocenters. The minimum Gasteiger partial charge on any atom is -0.497 e. The summed E-state index contributed by atoms with van der Waals surface area (Å²) in [7, 11) is 1.55. The summed E-state index contributed by atoms with van der Waals surface area (Å²) in [5.41, 5.74) is 1.71. The molecule has 0 spiro atoms. The predicted octanol–water partition coefficient (Wildman–Crippen LogP) is 2.77. The van der Waals surface area contributed by atoms with E-state index in [4.69, 9.17) is 9.84 Å². The number of carboxylic acid groups (broad SMARTS) is 1. The third kappa shape index (κ3) is 3.23. The molecule has 5 nitrogen and oxygen atoms in total. The Hall–Kier alpha value is -2.08. The third-order valence-corrected chi connectivity index (χ3v) is 3.52. The average Bonchev–Trinajstić information content (AvgIpc) is 2.81. The number of hydrogen-bond acceptors (Lipinski definition) is 5. The van der Waals surface area contributed by atoms with Crippen LogP contribution in [-0.2, 0) is 6.54 Å². The largest absolute Gasteiger partial charge is 0.497 e. The highest BCUT2D eigenvalue weighted by Crippen LogP contribution is 2.23. The average molecular weight is 278 g/mol. The molecule has 2 rings (SSSR count). The lowest BCUT2D eigenvalue weighted by Gasteiger charge is -2.10. The van der Waals surface area contributed by atoms with Crippen molar-refractivity contribution < 1.29 is 14.6 Å². The molecular weight excluding hydrogens is 264 g/mol. The molecule has 2 aromatic rings. The fraction of sp³-hybridized carbons (Fsp3) is 0.231. The molecule has 1 aromatic carbocycles. The number of anilines is 1. The molecule has 6 heteroatoms. The number of aromatic nitrogens is 1. The van der Waals surface area contributed by atoms with Gasteiger partial charge in [0.05, 0.1) is 24.9 Å². The van der Waals surface area contributed by atoms with Gasteiger partial charge in [-0.15, -0.1) is 11.3 Å². The Kier molecular flexibility index (Phi) is 4.01. The number of methoxy groups -OCH3 is 1. The zero-order chi connectivity index (χ0) is 13.8. The highest BCUT2D eigenvalue weighted by molar-refractivity contribution is 7.09. The van der Waals surface area contributed by atoms with Crippen molar-refractivity contribution in [1.82, 2.24) is 4.98 Å². The Balaban J connectivity index is 2.19. The minimum atomic E-state index is -0.972. The molecular formula is C13H14N2O3S. The zero-order valence-corrected chi connectivity index (χ0v) is 11.5. The van der Waals surface area contributed by atoms with Crippen molar-refractivity contribution in [3.05, 3.63) is 39.8 Å². The first-order chi connectivity index (χ1) is 9.10. The summed E-state index contributed by atoms with van der Waals surface area (Å²) in [6, 6.07) is 4.82. The number of nitrogens with one attached hydrogen (secondary N) is 1. The summed E-state index contributed by atoms with van der Waals surface area (Å²) in [5.74, 6) is -0.358. The number of rotatable bonds is 5. The SMILES string of the molecule is COc1ccc(C(=O)O)c(NCc2nc(C)cs2)c1. The Morgan fingerprint density at radius 3 is 2.89 bits per heavy atom. The van der Waals surface area contributed by atoms with Crippen LogP contribution in [0.2, 0.25) is 0 Å². The van der Waals surface area contributed by atoms with Crippen molar-refractivity contribution in [2.75, 3.05) is 12.4 Å². The maximum absolute atomic E-state index is 11.1. The Bertz CT molecular complexity index is 595. The Morgan fingerprint density at radius 1 is 1.53 bits per heavy atom. The van der Waals surface area contributed by atoms with Crippen LogP contribution in [0.3, 0.4) is 0 Å². The lowest BCUT2D eigenvalue weighted by atomic mass is 10.1. The Labute approximate surface area is 114 Å². The summed E-state index contributed by atoms with van der Waals surface area (Å²) in [6.07, 6.45) is 0. The molecule has 0 saturated heterocycles. The van der Waals surface area contributed by atoms with Crippen LogP contribution in [0.4, 0.5) is 5.69 Å². The van der Waals surface area contributed by atoms with E-state index in [-0.39, 0.29) is 5.56 Å². The molecule has 0 aliphatic rings. The van der Waals surface area contributed by atoms with Crippen LogP contribution in [0.5, 0.6) is 5.75 Å². The molecule has 100 valence electrons. The van der Waals surface area contributed by atoms with Crippen molar-refractivity contribution in [1.29, 1.82) is 0 Å². The van der Waals surface area contributed by atoms with Gasteiger partial charge in [-0.2, -0.15) is 0 Å². The monoisotopic (exact) mass is 278 g/mol. The van der Waals surface area contributed by atoms with Crippen LogP contribution in [0.15, 0.2) is 23.6 Å². The number of thiazole rings is 1. The number of benzene rings is 1. The van der Waals surface area contributed by atoms with Crippen LogP contribution in [0, 0.1) is 6.92 Å². The number of ether oxygens (including phenoxy) is 1. The molecule has 0 aliphatic carbocycles. The molecule has 0 saturated carbocycles. The van der Waals surface area contributed by atoms with Crippen LogP contribution in [0.1, 0.15) is 21.1 Å². The quantitative estimate of drug-likeness (QED) is 0.880. The van der Waals surface area contributed by atoms with E-state index < -0.39 is 5.97 Å². The fourth-order valence-electron chi connectivity index (χ4n) is 1.64. The van der Waals surface area contributed by atoms with Crippen molar-refractivity contribution in [2.45, 2.75) is 13.5 Å². The van der Waals surface area contributed by atoms with Gasteiger partial charge in [0.1, 0.15) is 10.8 Å².